The van der Waals surface area contributed by atoms with Crippen LogP contribution in [0.4, 0.5) is 5.69 Å². The van der Waals surface area contributed by atoms with E-state index in [0.29, 0.717) is 22.8 Å². The lowest BCUT2D eigenvalue weighted by atomic mass is 10.2. The molecule has 20 heavy (non-hydrogen) atoms. The summed E-state index contributed by atoms with van der Waals surface area (Å²) in [5.41, 5.74) is 6.15. The predicted octanol–water partition coefficient (Wildman–Crippen LogP) is 1.94. The highest BCUT2D eigenvalue weighted by Crippen LogP contribution is 2.20. The van der Waals surface area contributed by atoms with Gasteiger partial charge in [0.15, 0.2) is 0 Å². The molecule has 0 unspecified atom stereocenters. The second-order valence-corrected chi connectivity index (χ2v) is 4.51. The van der Waals surface area contributed by atoms with Gasteiger partial charge in [0.1, 0.15) is 6.61 Å². The van der Waals surface area contributed by atoms with E-state index in [1.807, 2.05) is 0 Å². The van der Waals surface area contributed by atoms with Crippen molar-refractivity contribution in [2.24, 2.45) is 0 Å². The number of anilines is 1. The molecule has 0 saturated carbocycles. The zero-order chi connectivity index (χ0) is 14.5. The Hall–Kier alpha value is -2.27. The average molecular weight is 293 g/mol. The maximum Gasteiger partial charge on any atom is 0.338 e. The number of benzene rings is 1. The second-order valence-electron chi connectivity index (χ2n) is 4.10. The van der Waals surface area contributed by atoms with E-state index < -0.39 is 5.97 Å². The highest BCUT2D eigenvalue weighted by atomic mass is 35.5. The lowest BCUT2D eigenvalue weighted by molar-refractivity contribution is 0.0490. The fraction of sp³-hybridized carbons (Fsp3) is 0.143. The van der Waals surface area contributed by atoms with Crippen LogP contribution in [-0.2, 0) is 11.3 Å². The number of carbonyl (C=O) groups is 1. The van der Waals surface area contributed by atoms with Crippen molar-refractivity contribution in [3.05, 3.63) is 63.5 Å². The molecule has 0 atom stereocenters. The molecule has 2 rings (SSSR count). The van der Waals surface area contributed by atoms with Crippen molar-refractivity contribution in [2.75, 3.05) is 12.3 Å². The normalized spacial score (nSPS) is 10.2. The van der Waals surface area contributed by atoms with Gasteiger partial charge in [-0.05, 0) is 24.3 Å². The molecule has 2 N–H and O–H groups in total. The first kappa shape index (κ1) is 14.1. The summed E-state index contributed by atoms with van der Waals surface area (Å²) in [5.74, 6) is -0.504. The number of nitrogens with two attached hydrogens (primary N) is 1. The summed E-state index contributed by atoms with van der Waals surface area (Å²) in [6.45, 7) is 0.402. The Morgan fingerprint density at radius 3 is 2.80 bits per heavy atom. The number of rotatable bonds is 4. The second kappa shape index (κ2) is 6.25. The van der Waals surface area contributed by atoms with Gasteiger partial charge in [0.2, 0.25) is 0 Å². The number of halogens is 1. The SMILES string of the molecule is Nc1ccc(C(=O)OCCn2ccccc2=O)cc1Cl. The van der Waals surface area contributed by atoms with Crippen LogP contribution >= 0.6 is 11.6 Å². The van der Waals surface area contributed by atoms with E-state index >= 15 is 0 Å². The van der Waals surface area contributed by atoms with Crippen molar-refractivity contribution >= 4 is 23.3 Å². The first-order valence-corrected chi connectivity index (χ1v) is 6.33. The Bertz CT molecular complexity index is 682. The van der Waals surface area contributed by atoms with Gasteiger partial charge < -0.3 is 15.0 Å². The molecule has 1 heterocycles. The van der Waals surface area contributed by atoms with E-state index in [9.17, 15) is 9.59 Å². The molecule has 0 bridgehead atoms. The van der Waals surface area contributed by atoms with Gasteiger partial charge in [0.25, 0.3) is 5.56 Å². The zero-order valence-corrected chi connectivity index (χ0v) is 11.3. The standard InChI is InChI=1S/C14H13ClN2O3/c15-11-9-10(4-5-12(11)16)14(19)20-8-7-17-6-2-1-3-13(17)18/h1-6,9H,7-8,16H2. The van der Waals surface area contributed by atoms with E-state index in [-0.39, 0.29) is 12.2 Å². The molecule has 0 spiro atoms. The van der Waals surface area contributed by atoms with E-state index in [1.54, 1.807) is 24.4 Å². The van der Waals surface area contributed by atoms with E-state index in [0.717, 1.165) is 0 Å². The van der Waals surface area contributed by atoms with Crippen LogP contribution in [0, 0.1) is 0 Å². The molecule has 0 amide bonds. The van der Waals surface area contributed by atoms with Crippen LogP contribution in [0.1, 0.15) is 10.4 Å². The van der Waals surface area contributed by atoms with Crippen molar-refractivity contribution in [3.8, 4) is 0 Å². The van der Waals surface area contributed by atoms with Gasteiger partial charge in [0.05, 0.1) is 22.8 Å². The monoisotopic (exact) mass is 292 g/mol. The minimum absolute atomic E-state index is 0.102. The van der Waals surface area contributed by atoms with Gasteiger partial charge in [-0.15, -0.1) is 0 Å². The molecule has 5 nitrogen and oxygen atoms in total. The summed E-state index contributed by atoms with van der Waals surface area (Å²) < 4.78 is 6.55. The fourth-order valence-corrected chi connectivity index (χ4v) is 1.80. The van der Waals surface area contributed by atoms with Crippen molar-refractivity contribution in [2.45, 2.75) is 6.54 Å². The number of esters is 1. The molecule has 0 fully saturated rings. The van der Waals surface area contributed by atoms with Crippen LogP contribution in [0.2, 0.25) is 5.02 Å². The summed E-state index contributed by atoms with van der Waals surface area (Å²) in [6.07, 6.45) is 1.64. The van der Waals surface area contributed by atoms with Crippen LogP contribution in [-0.4, -0.2) is 17.1 Å². The number of pyridine rings is 1. The maximum atomic E-state index is 11.8. The lowest BCUT2D eigenvalue weighted by Crippen LogP contribution is -2.21. The fourth-order valence-electron chi connectivity index (χ4n) is 1.62. The highest BCUT2D eigenvalue weighted by molar-refractivity contribution is 6.33. The minimum Gasteiger partial charge on any atom is -0.460 e. The predicted molar refractivity (Wildman–Crippen MR) is 76.8 cm³/mol. The van der Waals surface area contributed by atoms with Crippen molar-refractivity contribution in [3.63, 3.8) is 0 Å². The van der Waals surface area contributed by atoms with E-state index in [1.165, 1.54) is 22.8 Å². The third kappa shape index (κ3) is 3.39. The van der Waals surface area contributed by atoms with Crippen molar-refractivity contribution in [1.29, 1.82) is 0 Å². The van der Waals surface area contributed by atoms with Crippen LogP contribution in [0.25, 0.3) is 0 Å². The third-order valence-electron chi connectivity index (χ3n) is 2.70. The first-order chi connectivity index (χ1) is 9.58. The molecular weight excluding hydrogens is 280 g/mol. The molecular formula is C14H13ClN2O3. The van der Waals surface area contributed by atoms with Crippen LogP contribution in [0.15, 0.2) is 47.4 Å². The molecule has 0 radical (unpaired) electrons. The zero-order valence-electron chi connectivity index (χ0n) is 10.6. The number of ether oxygens (including phenoxy) is 1. The van der Waals surface area contributed by atoms with Gasteiger partial charge in [-0.3, -0.25) is 4.79 Å². The lowest BCUT2D eigenvalue weighted by Gasteiger charge is -2.07. The molecule has 6 heteroatoms. The third-order valence-corrected chi connectivity index (χ3v) is 3.03. The van der Waals surface area contributed by atoms with Gasteiger partial charge in [-0.2, -0.15) is 0 Å². The Balaban J connectivity index is 1.94. The number of nitrogens with zero attached hydrogens (tertiary/aromatic N) is 1. The summed E-state index contributed by atoms with van der Waals surface area (Å²) in [6, 6.07) is 9.37. The number of hydrogen-bond acceptors (Lipinski definition) is 4. The number of carbonyl (C=O) groups excluding carboxylic acids is 1. The number of hydrogen-bond donors (Lipinski definition) is 1. The molecule has 0 aliphatic carbocycles. The molecule has 1 aromatic carbocycles. The molecule has 2 aromatic rings. The summed E-state index contributed by atoms with van der Waals surface area (Å²) in [4.78, 5) is 23.2. The van der Waals surface area contributed by atoms with Gasteiger partial charge in [-0.1, -0.05) is 17.7 Å². The molecule has 1 aromatic heterocycles. The topological polar surface area (TPSA) is 74.3 Å². The summed E-state index contributed by atoms with van der Waals surface area (Å²) >= 11 is 5.83. The Morgan fingerprint density at radius 2 is 2.10 bits per heavy atom. The number of nitrogen functional groups attached to an aromatic ring is 1. The van der Waals surface area contributed by atoms with Crippen molar-refractivity contribution < 1.29 is 9.53 Å². The highest BCUT2D eigenvalue weighted by Gasteiger charge is 2.09. The molecule has 0 aliphatic rings. The Labute approximate surface area is 120 Å². The molecule has 104 valence electrons. The molecule has 0 aliphatic heterocycles. The Kier molecular flexibility index (Phi) is 4.42. The summed E-state index contributed by atoms with van der Waals surface area (Å²) in [5, 5.41) is 0.304. The largest absolute Gasteiger partial charge is 0.460 e. The summed E-state index contributed by atoms with van der Waals surface area (Å²) in [7, 11) is 0. The quantitative estimate of drug-likeness (QED) is 0.690. The maximum absolute atomic E-state index is 11.8. The Morgan fingerprint density at radius 1 is 1.30 bits per heavy atom. The molecule has 0 saturated heterocycles. The van der Waals surface area contributed by atoms with Gasteiger partial charge in [-0.25, -0.2) is 4.79 Å². The average Bonchev–Trinajstić information content (AvgIpc) is 2.44. The van der Waals surface area contributed by atoms with E-state index in [4.69, 9.17) is 22.1 Å². The van der Waals surface area contributed by atoms with Gasteiger partial charge in [0, 0.05) is 12.3 Å². The van der Waals surface area contributed by atoms with Crippen LogP contribution in [0.5, 0.6) is 0 Å². The smallest absolute Gasteiger partial charge is 0.338 e. The van der Waals surface area contributed by atoms with Crippen molar-refractivity contribution in [1.82, 2.24) is 4.57 Å². The van der Waals surface area contributed by atoms with Gasteiger partial charge >= 0.3 is 5.97 Å². The minimum atomic E-state index is -0.504. The van der Waals surface area contributed by atoms with E-state index in [2.05, 4.69) is 0 Å². The number of aromatic nitrogens is 1. The van der Waals surface area contributed by atoms with Crippen LogP contribution < -0.4 is 11.3 Å². The van der Waals surface area contributed by atoms with Crippen LogP contribution in [0.3, 0.4) is 0 Å². The first-order valence-electron chi connectivity index (χ1n) is 5.95.